The lowest BCUT2D eigenvalue weighted by molar-refractivity contribution is 0.102. The van der Waals surface area contributed by atoms with Crippen LogP contribution in [0.1, 0.15) is 23.7 Å². The molecule has 1 N–H and O–H groups in total. The fourth-order valence-electron chi connectivity index (χ4n) is 1.87. The van der Waals surface area contributed by atoms with Crippen LogP contribution in [0.25, 0.3) is 0 Å². The molecule has 2 aromatic rings. The topological polar surface area (TPSA) is 47.6 Å². The van der Waals surface area contributed by atoms with Crippen LogP contribution in [-0.2, 0) is 0 Å². The van der Waals surface area contributed by atoms with Gasteiger partial charge in [0.1, 0.15) is 11.5 Å². The molecule has 0 saturated carbocycles. The standard InChI is InChI=1S/C17H19NO3/c1-3-11-21-16-10-5-4-9-15(16)18-17(19)13-7-6-8-14(12-13)20-2/h4-10,12H,3,11H2,1-2H3,(H,18,19). The van der Waals surface area contributed by atoms with Gasteiger partial charge in [0.05, 0.1) is 19.4 Å². The van der Waals surface area contributed by atoms with Gasteiger partial charge in [0.15, 0.2) is 0 Å². The number of carbonyl (C=O) groups excluding carboxylic acids is 1. The first-order chi connectivity index (χ1) is 10.2. The minimum atomic E-state index is -0.193. The first-order valence-electron chi connectivity index (χ1n) is 6.92. The minimum absolute atomic E-state index is 0.193. The molecule has 2 rings (SSSR count). The van der Waals surface area contributed by atoms with E-state index >= 15 is 0 Å². The zero-order chi connectivity index (χ0) is 15.1. The fraction of sp³-hybridized carbons (Fsp3) is 0.235. The molecule has 1 amide bonds. The van der Waals surface area contributed by atoms with E-state index in [1.54, 1.807) is 31.4 Å². The molecule has 0 heterocycles. The van der Waals surface area contributed by atoms with Gasteiger partial charge in [-0.25, -0.2) is 0 Å². The summed E-state index contributed by atoms with van der Waals surface area (Å²) in [5.74, 6) is 1.13. The molecular formula is C17H19NO3. The first-order valence-corrected chi connectivity index (χ1v) is 6.92. The predicted molar refractivity (Wildman–Crippen MR) is 83.2 cm³/mol. The van der Waals surface area contributed by atoms with E-state index in [0.717, 1.165) is 6.42 Å². The Kier molecular flexibility index (Phi) is 5.21. The fourth-order valence-corrected chi connectivity index (χ4v) is 1.87. The average Bonchev–Trinajstić information content (AvgIpc) is 2.54. The zero-order valence-corrected chi connectivity index (χ0v) is 12.3. The lowest BCUT2D eigenvalue weighted by atomic mass is 10.2. The van der Waals surface area contributed by atoms with Crippen molar-refractivity contribution in [3.63, 3.8) is 0 Å². The quantitative estimate of drug-likeness (QED) is 0.879. The first kappa shape index (κ1) is 14.9. The molecular weight excluding hydrogens is 266 g/mol. The van der Waals surface area contributed by atoms with Crippen LogP contribution < -0.4 is 14.8 Å². The van der Waals surface area contributed by atoms with Gasteiger partial charge in [0.25, 0.3) is 5.91 Å². The Hall–Kier alpha value is -2.49. The van der Waals surface area contributed by atoms with Crippen molar-refractivity contribution in [3.05, 3.63) is 54.1 Å². The molecule has 0 bridgehead atoms. The second-order valence-electron chi connectivity index (χ2n) is 4.53. The van der Waals surface area contributed by atoms with Gasteiger partial charge < -0.3 is 14.8 Å². The lowest BCUT2D eigenvalue weighted by Crippen LogP contribution is -2.13. The van der Waals surface area contributed by atoms with Gasteiger partial charge in [-0.1, -0.05) is 25.1 Å². The number of anilines is 1. The number of carbonyl (C=O) groups is 1. The molecule has 4 nitrogen and oxygen atoms in total. The van der Waals surface area contributed by atoms with E-state index in [-0.39, 0.29) is 5.91 Å². The number of benzene rings is 2. The number of nitrogens with one attached hydrogen (secondary N) is 1. The number of amides is 1. The van der Waals surface area contributed by atoms with Crippen LogP contribution in [-0.4, -0.2) is 19.6 Å². The molecule has 0 aliphatic rings. The minimum Gasteiger partial charge on any atom is -0.497 e. The monoisotopic (exact) mass is 285 g/mol. The summed E-state index contributed by atoms with van der Waals surface area (Å²) in [6, 6.07) is 14.4. The van der Waals surface area contributed by atoms with Gasteiger partial charge in [-0.15, -0.1) is 0 Å². The van der Waals surface area contributed by atoms with Crippen LogP contribution in [0.5, 0.6) is 11.5 Å². The molecule has 0 fully saturated rings. The number of hydrogen-bond donors (Lipinski definition) is 1. The summed E-state index contributed by atoms with van der Waals surface area (Å²) in [4.78, 5) is 12.3. The highest BCUT2D eigenvalue weighted by molar-refractivity contribution is 6.05. The largest absolute Gasteiger partial charge is 0.497 e. The molecule has 4 heteroatoms. The Morgan fingerprint density at radius 1 is 1.14 bits per heavy atom. The summed E-state index contributed by atoms with van der Waals surface area (Å²) in [7, 11) is 1.57. The second-order valence-corrected chi connectivity index (χ2v) is 4.53. The highest BCUT2D eigenvalue weighted by atomic mass is 16.5. The molecule has 2 aromatic carbocycles. The number of para-hydroxylation sites is 2. The molecule has 0 radical (unpaired) electrons. The van der Waals surface area contributed by atoms with Crippen LogP contribution in [0, 0.1) is 0 Å². The van der Waals surface area contributed by atoms with Crippen LogP contribution >= 0.6 is 0 Å². The Balaban J connectivity index is 2.15. The van der Waals surface area contributed by atoms with Crippen LogP contribution in [0.4, 0.5) is 5.69 Å². The molecule has 0 aliphatic carbocycles. The SMILES string of the molecule is CCCOc1ccccc1NC(=O)c1cccc(OC)c1. The summed E-state index contributed by atoms with van der Waals surface area (Å²) in [5, 5.41) is 2.87. The maximum atomic E-state index is 12.3. The summed E-state index contributed by atoms with van der Waals surface area (Å²) in [6.07, 6.45) is 0.915. The van der Waals surface area contributed by atoms with E-state index in [1.165, 1.54) is 0 Å². The number of ether oxygens (including phenoxy) is 2. The molecule has 0 unspecified atom stereocenters. The third kappa shape index (κ3) is 3.99. The molecule has 0 atom stereocenters. The maximum absolute atomic E-state index is 12.3. The van der Waals surface area contributed by atoms with Crippen molar-refractivity contribution in [2.24, 2.45) is 0 Å². The van der Waals surface area contributed by atoms with Crippen LogP contribution in [0.2, 0.25) is 0 Å². The predicted octanol–water partition coefficient (Wildman–Crippen LogP) is 3.74. The highest BCUT2D eigenvalue weighted by Crippen LogP contribution is 2.25. The second kappa shape index (κ2) is 7.33. The number of hydrogen-bond acceptors (Lipinski definition) is 3. The average molecular weight is 285 g/mol. The molecule has 0 aliphatic heterocycles. The summed E-state index contributed by atoms with van der Waals surface area (Å²) < 4.78 is 10.8. The van der Waals surface area contributed by atoms with E-state index < -0.39 is 0 Å². The van der Waals surface area contributed by atoms with E-state index in [4.69, 9.17) is 9.47 Å². The van der Waals surface area contributed by atoms with Crippen molar-refractivity contribution >= 4 is 11.6 Å². The van der Waals surface area contributed by atoms with E-state index in [9.17, 15) is 4.79 Å². The molecule has 0 spiro atoms. The van der Waals surface area contributed by atoms with Gasteiger partial charge in [-0.05, 0) is 36.8 Å². The Morgan fingerprint density at radius 2 is 1.95 bits per heavy atom. The smallest absolute Gasteiger partial charge is 0.255 e. The lowest BCUT2D eigenvalue weighted by Gasteiger charge is -2.12. The van der Waals surface area contributed by atoms with Crippen molar-refractivity contribution in [1.29, 1.82) is 0 Å². The third-order valence-corrected chi connectivity index (χ3v) is 2.93. The van der Waals surface area contributed by atoms with Crippen LogP contribution in [0.3, 0.4) is 0 Å². The number of methoxy groups -OCH3 is 1. The molecule has 0 saturated heterocycles. The van der Waals surface area contributed by atoms with Crippen molar-refractivity contribution in [2.45, 2.75) is 13.3 Å². The van der Waals surface area contributed by atoms with Crippen molar-refractivity contribution in [1.82, 2.24) is 0 Å². The van der Waals surface area contributed by atoms with Crippen molar-refractivity contribution in [2.75, 3.05) is 19.0 Å². The number of rotatable bonds is 6. The zero-order valence-electron chi connectivity index (χ0n) is 12.3. The van der Waals surface area contributed by atoms with Gasteiger partial charge in [0.2, 0.25) is 0 Å². The van der Waals surface area contributed by atoms with Crippen molar-refractivity contribution < 1.29 is 14.3 Å². The van der Waals surface area contributed by atoms with Gasteiger partial charge in [-0.2, -0.15) is 0 Å². The van der Waals surface area contributed by atoms with Crippen molar-refractivity contribution in [3.8, 4) is 11.5 Å². The van der Waals surface area contributed by atoms with E-state index in [0.29, 0.717) is 29.4 Å². The van der Waals surface area contributed by atoms with Gasteiger partial charge >= 0.3 is 0 Å². The maximum Gasteiger partial charge on any atom is 0.255 e. The normalized spacial score (nSPS) is 10.0. The summed E-state index contributed by atoms with van der Waals surface area (Å²) in [6.45, 7) is 2.66. The molecule has 110 valence electrons. The summed E-state index contributed by atoms with van der Waals surface area (Å²) in [5.41, 5.74) is 1.21. The molecule has 0 aromatic heterocycles. The Bertz CT molecular complexity index is 610. The van der Waals surface area contributed by atoms with E-state index in [2.05, 4.69) is 5.32 Å². The summed E-state index contributed by atoms with van der Waals surface area (Å²) >= 11 is 0. The third-order valence-electron chi connectivity index (χ3n) is 2.93. The van der Waals surface area contributed by atoms with E-state index in [1.807, 2.05) is 31.2 Å². The molecule has 21 heavy (non-hydrogen) atoms. The highest BCUT2D eigenvalue weighted by Gasteiger charge is 2.10. The van der Waals surface area contributed by atoms with Gasteiger partial charge in [0, 0.05) is 5.56 Å². The van der Waals surface area contributed by atoms with Crippen LogP contribution in [0.15, 0.2) is 48.5 Å². The Labute approximate surface area is 124 Å². The Morgan fingerprint density at radius 3 is 2.71 bits per heavy atom. The van der Waals surface area contributed by atoms with Gasteiger partial charge in [-0.3, -0.25) is 4.79 Å².